The van der Waals surface area contributed by atoms with Crippen molar-refractivity contribution in [1.29, 1.82) is 0 Å². The first kappa shape index (κ1) is 9.16. The minimum Gasteiger partial charge on any atom is -0.326 e. The van der Waals surface area contributed by atoms with E-state index in [1.54, 1.807) is 0 Å². The predicted octanol–water partition coefficient (Wildman–Crippen LogP) is 1.52. The van der Waals surface area contributed by atoms with Gasteiger partial charge < -0.3 is 10.3 Å². The average Bonchev–Trinajstić information content (AvgIpc) is 3.09. The first-order valence-corrected chi connectivity index (χ1v) is 5.75. The van der Waals surface area contributed by atoms with Crippen molar-refractivity contribution in [2.24, 2.45) is 5.73 Å². The summed E-state index contributed by atoms with van der Waals surface area (Å²) in [5.41, 5.74) is 7.73. The highest BCUT2D eigenvalue weighted by Crippen LogP contribution is 2.43. The fourth-order valence-electron chi connectivity index (χ4n) is 2.19. The van der Waals surface area contributed by atoms with Gasteiger partial charge in [0.15, 0.2) is 0 Å². The van der Waals surface area contributed by atoms with Gasteiger partial charge in [0.25, 0.3) is 5.56 Å². The molecule has 3 nitrogen and oxygen atoms in total. The molecular weight excluding hydrogens is 188 g/mol. The van der Waals surface area contributed by atoms with Gasteiger partial charge >= 0.3 is 0 Å². The van der Waals surface area contributed by atoms with Crippen LogP contribution in [-0.2, 0) is 6.54 Å². The Hall–Kier alpha value is -1.09. The summed E-state index contributed by atoms with van der Waals surface area (Å²) < 4.78 is 2.01. The second kappa shape index (κ2) is 3.20. The van der Waals surface area contributed by atoms with Gasteiger partial charge in [-0.05, 0) is 37.7 Å². The first-order chi connectivity index (χ1) is 7.31. The second-order valence-electron chi connectivity index (χ2n) is 4.67. The minimum atomic E-state index is 0.157. The third-order valence-electron chi connectivity index (χ3n) is 3.35. The molecule has 3 rings (SSSR count). The van der Waals surface area contributed by atoms with E-state index in [0.717, 1.165) is 18.4 Å². The highest BCUT2D eigenvalue weighted by molar-refractivity contribution is 5.23. The number of nitrogens with two attached hydrogens (primary N) is 1. The molecular formula is C12H16N2O. The summed E-state index contributed by atoms with van der Waals surface area (Å²) in [6.07, 6.45) is 4.81. The molecule has 0 radical (unpaired) electrons. The molecule has 2 aliphatic carbocycles. The van der Waals surface area contributed by atoms with Gasteiger partial charge in [0.2, 0.25) is 0 Å². The Balaban J connectivity index is 2.14. The molecule has 0 bridgehead atoms. The Labute approximate surface area is 88.9 Å². The Morgan fingerprint density at radius 1 is 1.27 bits per heavy atom. The number of hydrogen-bond acceptors (Lipinski definition) is 2. The largest absolute Gasteiger partial charge is 0.326 e. The Morgan fingerprint density at radius 2 is 2.00 bits per heavy atom. The summed E-state index contributed by atoms with van der Waals surface area (Å²) in [5, 5.41) is 0. The maximum absolute atomic E-state index is 12.1. The molecule has 2 fully saturated rings. The maximum atomic E-state index is 12.1. The van der Waals surface area contributed by atoms with E-state index >= 15 is 0 Å². The zero-order chi connectivity index (χ0) is 10.4. The van der Waals surface area contributed by atoms with E-state index < -0.39 is 0 Å². The van der Waals surface area contributed by atoms with Crippen molar-refractivity contribution in [2.75, 3.05) is 0 Å². The van der Waals surface area contributed by atoms with Crippen LogP contribution in [0.3, 0.4) is 0 Å². The Morgan fingerprint density at radius 3 is 2.53 bits per heavy atom. The fraction of sp³-hybridized carbons (Fsp3) is 0.583. The standard InChI is InChI=1S/C12H16N2O/c13-7-9-3-6-11(8-1-2-8)14(12(9)15)10-4-5-10/h3,6,8,10H,1-2,4-5,7,13H2. The number of pyridine rings is 1. The quantitative estimate of drug-likeness (QED) is 0.811. The van der Waals surface area contributed by atoms with Crippen LogP contribution in [0.25, 0.3) is 0 Å². The van der Waals surface area contributed by atoms with Crippen LogP contribution in [0.2, 0.25) is 0 Å². The minimum absolute atomic E-state index is 0.157. The first-order valence-electron chi connectivity index (χ1n) is 5.75. The highest BCUT2D eigenvalue weighted by atomic mass is 16.1. The molecule has 1 heterocycles. The molecule has 2 saturated carbocycles. The van der Waals surface area contributed by atoms with Gasteiger partial charge in [-0.2, -0.15) is 0 Å². The summed E-state index contributed by atoms with van der Waals surface area (Å²) in [6.45, 7) is 0.358. The second-order valence-corrected chi connectivity index (χ2v) is 4.67. The van der Waals surface area contributed by atoms with Gasteiger partial charge in [0.1, 0.15) is 0 Å². The van der Waals surface area contributed by atoms with Crippen LogP contribution in [0.4, 0.5) is 0 Å². The number of nitrogens with zero attached hydrogens (tertiary/aromatic N) is 1. The molecule has 0 unspecified atom stereocenters. The molecule has 0 amide bonds. The van der Waals surface area contributed by atoms with Crippen molar-refractivity contribution in [3.8, 4) is 0 Å². The molecule has 2 aliphatic rings. The fourth-order valence-corrected chi connectivity index (χ4v) is 2.19. The molecule has 0 saturated heterocycles. The van der Waals surface area contributed by atoms with Gasteiger partial charge in [-0.25, -0.2) is 0 Å². The van der Waals surface area contributed by atoms with Crippen LogP contribution < -0.4 is 11.3 Å². The van der Waals surface area contributed by atoms with Gasteiger partial charge in [-0.3, -0.25) is 4.79 Å². The van der Waals surface area contributed by atoms with E-state index in [2.05, 4.69) is 6.07 Å². The van der Waals surface area contributed by atoms with Crippen LogP contribution in [0, 0.1) is 0 Å². The lowest BCUT2D eigenvalue weighted by Gasteiger charge is -2.12. The van der Waals surface area contributed by atoms with E-state index in [-0.39, 0.29) is 5.56 Å². The van der Waals surface area contributed by atoms with Crippen molar-refractivity contribution >= 4 is 0 Å². The van der Waals surface area contributed by atoms with E-state index in [9.17, 15) is 4.79 Å². The smallest absolute Gasteiger partial charge is 0.255 e. The van der Waals surface area contributed by atoms with Crippen molar-refractivity contribution in [3.63, 3.8) is 0 Å². The Kier molecular flexibility index (Phi) is 1.96. The number of rotatable bonds is 3. The van der Waals surface area contributed by atoms with Gasteiger partial charge in [-0.15, -0.1) is 0 Å². The molecule has 0 aliphatic heterocycles. The van der Waals surface area contributed by atoms with E-state index in [1.165, 1.54) is 18.5 Å². The van der Waals surface area contributed by atoms with Crippen LogP contribution in [0.1, 0.15) is 48.9 Å². The van der Waals surface area contributed by atoms with Crippen LogP contribution in [-0.4, -0.2) is 4.57 Å². The zero-order valence-corrected chi connectivity index (χ0v) is 8.78. The lowest BCUT2D eigenvalue weighted by molar-refractivity contribution is 0.650. The summed E-state index contributed by atoms with van der Waals surface area (Å²) in [6, 6.07) is 4.49. The Bertz CT molecular complexity index is 441. The average molecular weight is 204 g/mol. The number of aromatic nitrogens is 1. The molecule has 0 spiro atoms. The summed E-state index contributed by atoms with van der Waals surface area (Å²) in [5.74, 6) is 0.644. The summed E-state index contributed by atoms with van der Waals surface area (Å²) >= 11 is 0. The normalized spacial score (nSPS) is 20.6. The predicted molar refractivity (Wildman–Crippen MR) is 58.8 cm³/mol. The third kappa shape index (κ3) is 1.51. The van der Waals surface area contributed by atoms with Crippen molar-refractivity contribution < 1.29 is 0 Å². The maximum Gasteiger partial charge on any atom is 0.255 e. The molecule has 0 aromatic carbocycles. The molecule has 3 heteroatoms. The lowest BCUT2D eigenvalue weighted by Crippen LogP contribution is -2.27. The van der Waals surface area contributed by atoms with Gasteiger partial charge in [0, 0.05) is 23.8 Å². The molecule has 15 heavy (non-hydrogen) atoms. The third-order valence-corrected chi connectivity index (χ3v) is 3.35. The monoisotopic (exact) mass is 204 g/mol. The number of hydrogen-bond donors (Lipinski definition) is 1. The van der Waals surface area contributed by atoms with Crippen LogP contribution in [0.5, 0.6) is 0 Å². The van der Waals surface area contributed by atoms with Gasteiger partial charge in [0.05, 0.1) is 0 Å². The van der Waals surface area contributed by atoms with E-state index in [0.29, 0.717) is 18.5 Å². The molecule has 0 atom stereocenters. The van der Waals surface area contributed by atoms with Crippen molar-refractivity contribution in [1.82, 2.24) is 4.57 Å². The molecule has 1 aromatic rings. The van der Waals surface area contributed by atoms with E-state index in [1.807, 2.05) is 10.6 Å². The van der Waals surface area contributed by atoms with E-state index in [4.69, 9.17) is 5.73 Å². The summed E-state index contributed by atoms with van der Waals surface area (Å²) in [4.78, 5) is 12.1. The van der Waals surface area contributed by atoms with Crippen molar-refractivity contribution in [2.45, 2.75) is 44.2 Å². The topological polar surface area (TPSA) is 48.0 Å². The molecule has 1 aromatic heterocycles. The van der Waals surface area contributed by atoms with Crippen LogP contribution in [0.15, 0.2) is 16.9 Å². The SMILES string of the molecule is NCc1ccc(C2CC2)n(C2CC2)c1=O. The highest BCUT2D eigenvalue weighted by Gasteiger charge is 2.33. The zero-order valence-electron chi connectivity index (χ0n) is 8.78. The van der Waals surface area contributed by atoms with Crippen LogP contribution >= 0.6 is 0 Å². The molecule has 80 valence electrons. The van der Waals surface area contributed by atoms with Gasteiger partial charge in [-0.1, -0.05) is 6.07 Å². The summed E-state index contributed by atoms with van der Waals surface area (Å²) in [7, 11) is 0. The molecule has 2 N–H and O–H groups in total. The lowest BCUT2D eigenvalue weighted by atomic mass is 10.2. The van der Waals surface area contributed by atoms with Crippen molar-refractivity contribution in [3.05, 3.63) is 33.7 Å².